The van der Waals surface area contributed by atoms with E-state index >= 15 is 0 Å². The second-order valence-corrected chi connectivity index (χ2v) is 7.27. The molecule has 2 aromatic heterocycles. The van der Waals surface area contributed by atoms with Gasteiger partial charge in [-0.2, -0.15) is 0 Å². The van der Waals surface area contributed by atoms with Gasteiger partial charge in [-0.05, 0) is 19.9 Å². The number of benzene rings is 1. The van der Waals surface area contributed by atoms with Gasteiger partial charge in [-0.25, -0.2) is 9.59 Å². The van der Waals surface area contributed by atoms with E-state index in [0.29, 0.717) is 22.4 Å². The summed E-state index contributed by atoms with van der Waals surface area (Å²) < 4.78 is 10.9. The molecular formula is C19H19N5O4S. The van der Waals surface area contributed by atoms with Crippen molar-refractivity contribution in [2.45, 2.75) is 25.1 Å². The number of amides is 2. The number of carbonyl (C=O) groups excluding carboxylic acids is 2. The molecule has 0 spiro atoms. The third-order valence-corrected chi connectivity index (χ3v) is 5.28. The Labute approximate surface area is 170 Å². The number of fused-ring (bicyclic) bond motifs is 1. The van der Waals surface area contributed by atoms with Crippen molar-refractivity contribution >= 4 is 34.7 Å². The van der Waals surface area contributed by atoms with Crippen molar-refractivity contribution < 1.29 is 18.7 Å². The van der Waals surface area contributed by atoms with Gasteiger partial charge in [-0.3, -0.25) is 0 Å². The second-order valence-electron chi connectivity index (χ2n) is 6.34. The smallest absolute Gasteiger partial charge is 0.337 e. The zero-order valence-electron chi connectivity index (χ0n) is 15.8. The molecule has 0 radical (unpaired) electrons. The van der Waals surface area contributed by atoms with E-state index in [4.69, 9.17) is 9.15 Å². The third kappa shape index (κ3) is 3.83. The molecule has 4 rings (SSSR count). The Kier molecular flexibility index (Phi) is 5.26. The van der Waals surface area contributed by atoms with Crippen LogP contribution in [0.3, 0.4) is 0 Å². The van der Waals surface area contributed by atoms with Crippen LogP contribution in [0.2, 0.25) is 0 Å². The lowest BCUT2D eigenvalue weighted by Crippen LogP contribution is -2.49. The van der Waals surface area contributed by atoms with Gasteiger partial charge < -0.3 is 24.8 Å². The zero-order chi connectivity index (χ0) is 20.4. The maximum atomic E-state index is 12.3. The highest BCUT2D eigenvalue weighted by molar-refractivity contribution is 7.99. The van der Waals surface area contributed by atoms with Crippen LogP contribution in [0.25, 0.3) is 22.4 Å². The third-order valence-electron chi connectivity index (χ3n) is 4.43. The van der Waals surface area contributed by atoms with Crippen LogP contribution in [0.5, 0.6) is 0 Å². The fourth-order valence-corrected chi connectivity index (χ4v) is 3.88. The van der Waals surface area contributed by atoms with E-state index < -0.39 is 12.0 Å². The van der Waals surface area contributed by atoms with E-state index in [2.05, 4.69) is 25.8 Å². The van der Waals surface area contributed by atoms with Crippen molar-refractivity contribution in [1.29, 1.82) is 0 Å². The first kappa shape index (κ1) is 19.1. The fourth-order valence-electron chi connectivity index (χ4n) is 3.15. The molecule has 29 heavy (non-hydrogen) atoms. The van der Waals surface area contributed by atoms with Crippen LogP contribution in [0, 0.1) is 0 Å². The molecule has 0 unspecified atom stereocenters. The summed E-state index contributed by atoms with van der Waals surface area (Å²) in [5.74, 6) is 0.210. The molecule has 0 bridgehead atoms. The van der Waals surface area contributed by atoms with Gasteiger partial charge in [-0.1, -0.05) is 30.0 Å². The number of nitrogens with zero attached hydrogens (tertiary/aromatic N) is 2. The highest BCUT2D eigenvalue weighted by Crippen LogP contribution is 2.30. The number of aromatic nitrogens is 3. The SMILES string of the molecule is CCOC(=O)C1=C(CSc2nnc(-c3c[nH]c4ccccc34)o2)NC(=O)N[C@@H]1C. The number of aromatic amines is 1. The fraction of sp³-hybridized carbons (Fsp3) is 0.263. The Bertz CT molecular complexity index is 1100. The Morgan fingerprint density at radius 1 is 1.31 bits per heavy atom. The molecule has 1 aliphatic heterocycles. The molecule has 3 N–H and O–H groups in total. The van der Waals surface area contributed by atoms with Gasteiger partial charge >= 0.3 is 12.0 Å². The van der Waals surface area contributed by atoms with Gasteiger partial charge in [-0.15, -0.1) is 10.2 Å². The van der Waals surface area contributed by atoms with Gasteiger partial charge in [0, 0.05) is 28.5 Å². The van der Waals surface area contributed by atoms with Gasteiger partial charge in [0.1, 0.15) is 0 Å². The first-order valence-electron chi connectivity index (χ1n) is 9.07. The lowest BCUT2D eigenvalue weighted by molar-refractivity contribution is -0.138. The zero-order valence-corrected chi connectivity index (χ0v) is 16.6. The summed E-state index contributed by atoms with van der Waals surface area (Å²) in [5, 5.41) is 14.9. The predicted octanol–water partition coefficient (Wildman–Crippen LogP) is 2.83. The lowest BCUT2D eigenvalue weighted by Gasteiger charge is -2.26. The van der Waals surface area contributed by atoms with E-state index in [9.17, 15) is 9.59 Å². The minimum Gasteiger partial charge on any atom is -0.463 e. The Morgan fingerprint density at radius 3 is 2.97 bits per heavy atom. The summed E-state index contributed by atoms with van der Waals surface area (Å²) in [6.07, 6.45) is 1.82. The maximum absolute atomic E-state index is 12.3. The van der Waals surface area contributed by atoms with Gasteiger partial charge in [0.05, 0.1) is 23.8 Å². The summed E-state index contributed by atoms with van der Waals surface area (Å²) in [5.41, 5.74) is 2.65. The number of urea groups is 1. The largest absolute Gasteiger partial charge is 0.463 e. The monoisotopic (exact) mass is 413 g/mol. The average Bonchev–Trinajstić information content (AvgIpc) is 3.32. The maximum Gasteiger partial charge on any atom is 0.337 e. The van der Waals surface area contributed by atoms with Crippen molar-refractivity contribution in [3.8, 4) is 11.5 Å². The Hall–Kier alpha value is -3.27. The topological polar surface area (TPSA) is 122 Å². The highest BCUT2D eigenvalue weighted by Gasteiger charge is 2.30. The number of H-pyrrole nitrogens is 1. The number of esters is 1. The summed E-state index contributed by atoms with van der Waals surface area (Å²) in [7, 11) is 0. The Balaban J connectivity index is 1.54. The predicted molar refractivity (Wildman–Crippen MR) is 107 cm³/mol. The molecule has 0 fully saturated rings. The van der Waals surface area contributed by atoms with Crippen molar-refractivity contribution in [3.05, 3.63) is 41.7 Å². The number of thioether (sulfide) groups is 1. The Morgan fingerprint density at radius 2 is 2.14 bits per heavy atom. The van der Waals surface area contributed by atoms with Crippen molar-refractivity contribution in [2.24, 2.45) is 0 Å². The molecule has 0 aliphatic carbocycles. The molecule has 9 nitrogen and oxygen atoms in total. The molecule has 3 heterocycles. The number of ether oxygens (including phenoxy) is 1. The van der Waals surface area contributed by atoms with E-state index in [0.717, 1.165) is 16.5 Å². The van der Waals surface area contributed by atoms with E-state index in [1.807, 2.05) is 30.5 Å². The van der Waals surface area contributed by atoms with Gasteiger partial charge in [0.15, 0.2) is 0 Å². The normalized spacial score (nSPS) is 16.6. The molecule has 2 amide bonds. The quantitative estimate of drug-likeness (QED) is 0.419. The van der Waals surface area contributed by atoms with Crippen LogP contribution in [0.15, 0.2) is 51.4 Å². The molecule has 1 aliphatic rings. The second kappa shape index (κ2) is 8.00. The number of hydrogen-bond donors (Lipinski definition) is 3. The van der Waals surface area contributed by atoms with Crippen LogP contribution in [-0.2, 0) is 9.53 Å². The van der Waals surface area contributed by atoms with E-state index in [1.54, 1.807) is 13.8 Å². The minimum atomic E-state index is -0.465. The van der Waals surface area contributed by atoms with Crippen molar-refractivity contribution in [3.63, 3.8) is 0 Å². The molecule has 0 saturated heterocycles. The number of para-hydroxylation sites is 1. The molecule has 150 valence electrons. The number of nitrogens with one attached hydrogen (secondary N) is 3. The molecule has 10 heteroatoms. The highest BCUT2D eigenvalue weighted by atomic mass is 32.2. The number of carbonyl (C=O) groups is 2. The molecule has 1 aromatic carbocycles. The van der Waals surface area contributed by atoms with Crippen molar-refractivity contribution in [1.82, 2.24) is 25.8 Å². The van der Waals surface area contributed by atoms with E-state index in [1.165, 1.54) is 11.8 Å². The lowest BCUT2D eigenvalue weighted by atomic mass is 10.1. The first-order valence-corrected chi connectivity index (χ1v) is 10.1. The van der Waals surface area contributed by atoms with Crippen LogP contribution in [-0.4, -0.2) is 45.6 Å². The molecular weight excluding hydrogens is 394 g/mol. The minimum absolute atomic E-state index is 0.251. The summed E-state index contributed by atoms with van der Waals surface area (Å²) >= 11 is 1.24. The number of hydrogen-bond acceptors (Lipinski definition) is 7. The average molecular weight is 413 g/mol. The molecule has 1 atom stereocenters. The molecule has 3 aromatic rings. The molecule has 0 saturated carbocycles. The van der Waals surface area contributed by atoms with Crippen LogP contribution in [0.1, 0.15) is 13.8 Å². The van der Waals surface area contributed by atoms with Crippen molar-refractivity contribution in [2.75, 3.05) is 12.4 Å². The van der Waals surface area contributed by atoms with Gasteiger partial charge in [0.2, 0.25) is 0 Å². The van der Waals surface area contributed by atoms with Crippen LogP contribution < -0.4 is 10.6 Å². The summed E-state index contributed by atoms with van der Waals surface area (Å²) in [6, 6.07) is 7.00. The van der Waals surface area contributed by atoms with Gasteiger partial charge in [0.25, 0.3) is 11.1 Å². The number of rotatable bonds is 6. The van der Waals surface area contributed by atoms with Crippen LogP contribution in [0.4, 0.5) is 4.79 Å². The summed E-state index contributed by atoms with van der Waals surface area (Å²) in [6.45, 7) is 3.72. The van der Waals surface area contributed by atoms with Crippen LogP contribution >= 0.6 is 11.8 Å². The first-order chi connectivity index (χ1) is 14.1. The standard InChI is InChI=1S/C19H19N5O4S/c1-3-27-17(25)15-10(2)21-18(26)22-14(15)9-29-19-24-23-16(28-19)12-8-20-13-7-5-4-6-11(12)13/h4-8,10,20H,3,9H2,1-2H3,(H2,21,22,26)/t10-/m1/s1. The summed E-state index contributed by atoms with van der Waals surface area (Å²) in [4.78, 5) is 27.3. The van der Waals surface area contributed by atoms with E-state index in [-0.39, 0.29) is 18.4 Å².